The molecule has 0 aliphatic heterocycles. The zero-order valence-electron chi connectivity index (χ0n) is 12.1. The number of amides is 1. The van der Waals surface area contributed by atoms with Gasteiger partial charge in [0.2, 0.25) is 0 Å². The van der Waals surface area contributed by atoms with Crippen LogP contribution in [0.2, 0.25) is 0 Å². The Balaban J connectivity index is 2.32. The average molecular weight is 344 g/mol. The molecule has 0 spiro atoms. The topological polar surface area (TPSA) is 58.6 Å². The SMILES string of the molecule is CC(C)CC(C)(O)CNC(=O)COc1ccc(Br)cc1. The molecule has 112 valence electrons. The minimum atomic E-state index is -0.887. The molecule has 0 aliphatic rings. The van der Waals surface area contributed by atoms with Gasteiger partial charge in [0.15, 0.2) is 6.61 Å². The van der Waals surface area contributed by atoms with Crippen LogP contribution >= 0.6 is 15.9 Å². The highest BCUT2D eigenvalue weighted by molar-refractivity contribution is 9.10. The number of carbonyl (C=O) groups is 1. The molecule has 1 unspecified atom stereocenters. The summed E-state index contributed by atoms with van der Waals surface area (Å²) in [5, 5.41) is 12.8. The summed E-state index contributed by atoms with van der Waals surface area (Å²) in [6.07, 6.45) is 0.640. The first kappa shape index (κ1) is 17.0. The summed E-state index contributed by atoms with van der Waals surface area (Å²) < 4.78 is 6.31. The molecule has 0 saturated heterocycles. The number of hydrogen-bond acceptors (Lipinski definition) is 3. The van der Waals surface area contributed by atoms with Crippen LogP contribution in [-0.4, -0.2) is 29.8 Å². The summed E-state index contributed by atoms with van der Waals surface area (Å²) in [5.41, 5.74) is -0.887. The van der Waals surface area contributed by atoms with E-state index < -0.39 is 5.60 Å². The predicted octanol–water partition coefficient (Wildman–Crippen LogP) is 2.74. The molecule has 0 bridgehead atoms. The molecular formula is C15H22BrNO3. The maximum atomic E-state index is 11.7. The van der Waals surface area contributed by atoms with Crippen LogP contribution < -0.4 is 10.1 Å². The van der Waals surface area contributed by atoms with Crippen LogP contribution in [0.5, 0.6) is 5.75 Å². The van der Waals surface area contributed by atoms with E-state index in [1.807, 2.05) is 26.0 Å². The molecule has 20 heavy (non-hydrogen) atoms. The Kier molecular flexibility index (Phi) is 6.49. The number of nitrogens with one attached hydrogen (secondary N) is 1. The molecule has 1 atom stereocenters. The van der Waals surface area contributed by atoms with Crippen LogP contribution in [0.1, 0.15) is 27.2 Å². The van der Waals surface area contributed by atoms with Crippen LogP contribution in [0.4, 0.5) is 0 Å². The van der Waals surface area contributed by atoms with Gasteiger partial charge < -0.3 is 15.2 Å². The molecule has 1 aromatic carbocycles. The number of aliphatic hydroxyl groups is 1. The van der Waals surface area contributed by atoms with Crippen molar-refractivity contribution >= 4 is 21.8 Å². The van der Waals surface area contributed by atoms with Crippen LogP contribution in [0.15, 0.2) is 28.7 Å². The van der Waals surface area contributed by atoms with Crippen molar-refractivity contribution in [2.75, 3.05) is 13.2 Å². The van der Waals surface area contributed by atoms with Crippen molar-refractivity contribution in [3.8, 4) is 5.75 Å². The molecule has 0 aliphatic carbocycles. The van der Waals surface area contributed by atoms with Crippen LogP contribution in [0.25, 0.3) is 0 Å². The van der Waals surface area contributed by atoms with Crippen molar-refractivity contribution in [1.82, 2.24) is 5.32 Å². The predicted molar refractivity (Wildman–Crippen MR) is 82.7 cm³/mol. The van der Waals surface area contributed by atoms with Gasteiger partial charge in [-0.3, -0.25) is 4.79 Å². The van der Waals surface area contributed by atoms with E-state index in [0.717, 1.165) is 4.47 Å². The van der Waals surface area contributed by atoms with Crippen molar-refractivity contribution in [2.45, 2.75) is 32.8 Å². The first-order valence-corrected chi connectivity index (χ1v) is 7.45. The summed E-state index contributed by atoms with van der Waals surface area (Å²) in [6, 6.07) is 7.26. The zero-order valence-corrected chi connectivity index (χ0v) is 13.7. The first-order valence-electron chi connectivity index (χ1n) is 6.66. The molecular weight excluding hydrogens is 322 g/mol. The second kappa shape index (κ2) is 7.64. The largest absolute Gasteiger partial charge is 0.484 e. The van der Waals surface area contributed by atoms with Gasteiger partial charge in [-0.25, -0.2) is 0 Å². The van der Waals surface area contributed by atoms with E-state index in [2.05, 4.69) is 21.2 Å². The first-order chi connectivity index (χ1) is 9.28. The van der Waals surface area contributed by atoms with Gasteiger partial charge in [-0.15, -0.1) is 0 Å². The highest BCUT2D eigenvalue weighted by atomic mass is 79.9. The third kappa shape index (κ3) is 6.91. The van der Waals surface area contributed by atoms with Crippen molar-refractivity contribution in [3.63, 3.8) is 0 Å². The molecule has 0 radical (unpaired) electrons. The lowest BCUT2D eigenvalue weighted by Crippen LogP contribution is -2.43. The van der Waals surface area contributed by atoms with Gasteiger partial charge in [0.25, 0.3) is 5.91 Å². The van der Waals surface area contributed by atoms with Gasteiger partial charge in [-0.2, -0.15) is 0 Å². The van der Waals surface area contributed by atoms with E-state index in [4.69, 9.17) is 4.74 Å². The maximum absolute atomic E-state index is 11.7. The van der Waals surface area contributed by atoms with Gasteiger partial charge in [-0.05, 0) is 43.5 Å². The number of halogens is 1. The Morgan fingerprint density at radius 1 is 1.40 bits per heavy atom. The lowest BCUT2D eigenvalue weighted by molar-refractivity contribution is -0.124. The second-order valence-electron chi connectivity index (χ2n) is 5.61. The summed E-state index contributed by atoms with van der Waals surface area (Å²) in [7, 11) is 0. The van der Waals surface area contributed by atoms with E-state index in [0.29, 0.717) is 18.1 Å². The fourth-order valence-corrected chi connectivity index (χ4v) is 2.24. The minimum Gasteiger partial charge on any atom is -0.484 e. The summed E-state index contributed by atoms with van der Waals surface area (Å²) >= 11 is 3.33. The minimum absolute atomic E-state index is 0.0562. The molecule has 1 aromatic rings. The number of carbonyl (C=O) groups excluding carboxylic acids is 1. The summed E-state index contributed by atoms with van der Waals surface area (Å²) in [6.45, 7) is 5.97. The standard InChI is InChI=1S/C15H22BrNO3/c1-11(2)8-15(3,19)10-17-14(18)9-20-13-6-4-12(16)5-7-13/h4-7,11,19H,8-10H2,1-3H3,(H,17,18). The molecule has 2 N–H and O–H groups in total. The number of hydrogen-bond donors (Lipinski definition) is 2. The van der Waals surface area contributed by atoms with Crippen LogP contribution in [0.3, 0.4) is 0 Å². The molecule has 1 amide bonds. The van der Waals surface area contributed by atoms with E-state index in [1.165, 1.54) is 0 Å². The summed E-state index contributed by atoms with van der Waals surface area (Å²) in [4.78, 5) is 11.7. The van der Waals surface area contributed by atoms with Gasteiger partial charge in [-0.1, -0.05) is 29.8 Å². The molecule has 0 aromatic heterocycles. The Bertz CT molecular complexity index is 429. The second-order valence-corrected chi connectivity index (χ2v) is 6.53. The van der Waals surface area contributed by atoms with Gasteiger partial charge in [0, 0.05) is 11.0 Å². The zero-order chi connectivity index (χ0) is 15.2. The average Bonchev–Trinajstić information content (AvgIpc) is 2.34. The molecule has 0 fully saturated rings. The smallest absolute Gasteiger partial charge is 0.258 e. The lowest BCUT2D eigenvalue weighted by atomic mass is 9.94. The number of rotatable bonds is 7. The third-order valence-corrected chi connectivity index (χ3v) is 3.23. The maximum Gasteiger partial charge on any atom is 0.258 e. The van der Waals surface area contributed by atoms with E-state index in [-0.39, 0.29) is 19.1 Å². The monoisotopic (exact) mass is 343 g/mol. The molecule has 0 heterocycles. The van der Waals surface area contributed by atoms with Gasteiger partial charge in [0.1, 0.15) is 5.75 Å². The highest BCUT2D eigenvalue weighted by Crippen LogP contribution is 2.16. The van der Waals surface area contributed by atoms with Gasteiger partial charge in [0.05, 0.1) is 5.60 Å². The molecule has 4 nitrogen and oxygen atoms in total. The normalized spacial score (nSPS) is 13.9. The highest BCUT2D eigenvalue weighted by Gasteiger charge is 2.22. The Morgan fingerprint density at radius 2 is 2.00 bits per heavy atom. The summed E-state index contributed by atoms with van der Waals surface area (Å²) in [5.74, 6) is 0.773. The molecule has 5 heteroatoms. The van der Waals surface area contributed by atoms with E-state index in [9.17, 15) is 9.90 Å². The Labute approximate surface area is 128 Å². The van der Waals surface area contributed by atoms with Crippen molar-refractivity contribution < 1.29 is 14.6 Å². The van der Waals surface area contributed by atoms with E-state index >= 15 is 0 Å². The van der Waals surface area contributed by atoms with E-state index in [1.54, 1.807) is 19.1 Å². The Morgan fingerprint density at radius 3 is 2.55 bits per heavy atom. The Hall–Kier alpha value is -1.07. The molecule has 0 saturated carbocycles. The van der Waals surface area contributed by atoms with Crippen molar-refractivity contribution in [2.24, 2.45) is 5.92 Å². The number of benzene rings is 1. The van der Waals surface area contributed by atoms with Crippen molar-refractivity contribution in [3.05, 3.63) is 28.7 Å². The van der Waals surface area contributed by atoms with Crippen LogP contribution in [-0.2, 0) is 4.79 Å². The lowest BCUT2D eigenvalue weighted by Gasteiger charge is -2.25. The van der Waals surface area contributed by atoms with Crippen LogP contribution in [0, 0.1) is 5.92 Å². The quantitative estimate of drug-likeness (QED) is 0.800. The van der Waals surface area contributed by atoms with Gasteiger partial charge >= 0.3 is 0 Å². The number of ether oxygens (including phenoxy) is 1. The van der Waals surface area contributed by atoms with Crippen molar-refractivity contribution in [1.29, 1.82) is 0 Å². The fourth-order valence-electron chi connectivity index (χ4n) is 1.97. The fraction of sp³-hybridized carbons (Fsp3) is 0.533. The third-order valence-electron chi connectivity index (χ3n) is 2.70. The molecule has 1 rings (SSSR count).